The molecule has 2 atom stereocenters. The maximum Gasteiger partial charge on any atom is 0.306 e. The molecule has 8 nitrogen and oxygen atoms in total. The summed E-state index contributed by atoms with van der Waals surface area (Å²) in [5, 5.41) is 11.2. The largest absolute Gasteiger partial charge is 0.497 e. The van der Waals surface area contributed by atoms with Crippen LogP contribution in [-0.4, -0.2) is 49.7 Å². The minimum atomic E-state index is -0.891. The fourth-order valence-electron chi connectivity index (χ4n) is 3.40. The molecular weight excluding hydrogens is 330 g/mol. The Morgan fingerprint density at radius 3 is 2.60 bits per heavy atom. The predicted molar refractivity (Wildman–Crippen MR) is 86.0 cm³/mol. The van der Waals surface area contributed by atoms with Gasteiger partial charge in [-0.15, -0.1) is 0 Å². The number of nitrogens with zero attached hydrogens (tertiary/aromatic N) is 1. The molecule has 2 fully saturated rings. The van der Waals surface area contributed by atoms with Crippen LogP contribution in [0.1, 0.15) is 30.7 Å². The van der Waals surface area contributed by atoms with Crippen LogP contribution in [0.2, 0.25) is 0 Å². The van der Waals surface area contributed by atoms with Gasteiger partial charge in [-0.05, 0) is 17.7 Å². The summed E-state index contributed by atoms with van der Waals surface area (Å²) >= 11 is 0. The maximum absolute atomic E-state index is 12.0. The standard InChI is InChI=1S/C17H21NO7/c1-22-13-4-2-12(3-5-13)14(11-18(20)21)15-10-17(23-8-9-24-17)7-6-16(19)25-15/h2-5,14-15H,6-11H2,1H3/t14-,15-/m0/s1. The van der Waals surface area contributed by atoms with Crippen molar-refractivity contribution >= 4 is 5.97 Å². The Bertz CT molecular complexity index is 624. The van der Waals surface area contributed by atoms with Crippen molar-refractivity contribution in [1.82, 2.24) is 0 Å². The molecule has 0 radical (unpaired) electrons. The number of carbonyl (C=O) groups excluding carboxylic acids is 1. The molecule has 0 aromatic heterocycles. The number of hydrogen-bond donors (Lipinski definition) is 0. The van der Waals surface area contributed by atoms with Crippen LogP contribution in [0.15, 0.2) is 24.3 Å². The van der Waals surface area contributed by atoms with E-state index in [2.05, 4.69) is 0 Å². The van der Waals surface area contributed by atoms with E-state index >= 15 is 0 Å². The number of carbonyl (C=O) groups is 1. The quantitative estimate of drug-likeness (QED) is 0.454. The van der Waals surface area contributed by atoms with Crippen molar-refractivity contribution in [3.8, 4) is 5.75 Å². The number of esters is 1. The summed E-state index contributed by atoms with van der Waals surface area (Å²) in [7, 11) is 1.55. The molecule has 2 aliphatic rings. The molecule has 25 heavy (non-hydrogen) atoms. The lowest BCUT2D eigenvalue weighted by atomic mass is 9.88. The number of nitro groups is 1. The van der Waals surface area contributed by atoms with Crippen molar-refractivity contribution in [3.63, 3.8) is 0 Å². The predicted octanol–water partition coefficient (Wildman–Crippen LogP) is 1.89. The first kappa shape index (κ1) is 17.6. The van der Waals surface area contributed by atoms with E-state index < -0.39 is 22.7 Å². The summed E-state index contributed by atoms with van der Waals surface area (Å²) in [6.45, 7) is 0.549. The van der Waals surface area contributed by atoms with Crippen molar-refractivity contribution < 1.29 is 28.7 Å². The van der Waals surface area contributed by atoms with E-state index in [1.807, 2.05) is 0 Å². The van der Waals surface area contributed by atoms with Gasteiger partial charge < -0.3 is 18.9 Å². The molecule has 3 rings (SSSR count). The summed E-state index contributed by atoms with van der Waals surface area (Å²) in [6.07, 6.45) is 0.163. The van der Waals surface area contributed by atoms with E-state index in [0.717, 1.165) is 0 Å². The highest BCUT2D eigenvalue weighted by Gasteiger charge is 2.46. The Kier molecular flexibility index (Phi) is 5.19. The zero-order valence-electron chi connectivity index (χ0n) is 14.0. The van der Waals surface area contributed by atoms with Crippen LogP contribution in [0.25, 0.3) is 0 Å². The molecule has 8 heteroatoms. The van der Waals surface area contributed by atoms with Gasteiger partial charge in [0.05, 0.1) is 32.7 Å². The Morgan fingerprint density at radius 2 is 2.00 bits per heavy atom. The Morgan fingerprint density at radius 1 is 1.32 bits per heavy atom. The van der Waals surface area contributed by atoms with E-state index in [1.165, 1.54) is 0 Å². The molecule has 1 aromatic rings. The molecule has 2 saturated heterocycles. The Labute approximate surface area is 145 Å². The van der Waals surface area contributed by atoms with Crippen LogP contribution < -0.4 is 4.74 Å². The van der Waals surface area contributed by atoms with E-state index in [0.29, 0.717) is 30.9 Å². The average Bonchev–Trinajstić information content (AvgIpc) is 2.99. The molecule has 2 aliphatic heterocycles. The molecule has 1 spiro atoms. The van der Waals surface area contributed by atoms with E-state index in [4.69, 9.17) is 18.9 Å². The first-order chi connectivity index (χ1) is 12.0. The van der Waals surface area contributed by atoms with Crippen LogP contribution in [0.3, 0.4) is 0 Å². The highest BCUT2D eigenvalue weighted by molar-refractivity contribution is 5.70. The average molecular weight is 351 g/mol. The lowest BCUT2D eigenvalue weighted by molar-refractivity contribution is -0.485. The molecule has 0 unspecified atom stereocenters. The van der Waals surface area contributed by atoms with Crippen molar-refractivity contribution in [1.29, 1.82) is 0 Å². The summed E-state index contributed by atoms with van der Waals surface area (Å²) in [6, 6.07) is 6.99. The topological polar surface area (TPSA) is 97.1 Å². The maximum atomic E-state index is 12.0. The lowest BCUT2D eigenvalue weighted by Crippen LogP contribution is -2.38. The first-order valence-corrected chi connectivity index (χ1v) is 8.24. The van der Waals surface area contributed by atoms with Crippen LogP contribution >= 0.6 is 0 Å². The molecule has 0 amide bonds. The minimum absolute atomic E-state index is 0.171. The third kappa shape index (κ3) is 4.08. The third-order valence-corrected chi connectivity index (χ3v) is 4.66. The number of rotatable bonds is 5. The SMILES string of the molecule is COc1ccc([C@H](C[N+](=O)[O-])[C@@H]2CC3(CCC(=O)O2)OCCO3)cc1. The van der Waals surface area contributed by atoms with Gasteiger partial charge >= 0.3 is 5.97 Å². The summed E-state index contributed by atoms with van der Waals surface area (Å²) < 4.78 is 22.1. The van der Waals surface area contributed by atoms with Gasteiger partial charge in [0.1, 0.15) is 11.9 Å². The summed E-state index contributed by atoms with van der Waals surface area (Å²) in [5.74, 6) is -1.21. The molecular formula is C17H21NO7. The normalized spacial score (nSPS) is 23.7. The second kappa shape index (κ2) is 7.37. The van der Waals surface area contributed by atoms with Crippen molar-refractivity contribution in [2.45, 2.75) is 37.1 Å². The lowest BCUT2D eigenvalue weighted by Gasteiger charge is -2.30. The molecule has 2 heterocycles. The Balaban J connectivity index is 1.89. The minimum Gasteiger partial charge on any atom is -0.497 e. The highest BCUT2D eigenvalue weighted by Crippen LogP contribution is 2.38. The molecule has 0 N–H and O–H groups in total. The monoisotopic (exact) mass is 351 g/mol. The van der Waals surface area contributed by atoms with Gasteiger partial charge in [0.2, 0.25) is 6.54 Å². The summed E-state index contributed by atoms with van der Waals surface area (Å²) in [4.78, 5) is 22.8. The van der Waals surface area contributed by atoms with Crippen LogP contribution in [0.4, 0.5) is 0 Å². The number of ether oxygens (including phenoxy) is 4. The van der Waals surface area contributed by atoms with Crippen molar-refractivity contribution in [2.75, 3.05) is 26.9 Å². The summed E-state index contributed by atoms with van der Waals surface area (Å²) in [5.41, 5.74) is 0.713. The van der Waals surface area contributed by atoms with E-state index in [-0.39, 0.29) is 25.4 Å². The fourth-order valence-corrected chi connectivity index (χ4v) is 3.40. The molecule has 0 saturated carbocycles. The van der Waals surface area contributed by atoms with Crippen molar-refractivity contribution in [3.05, 3.63) is 39.9 Å². The number of cyclic esters (lactones) is 1. The molecule has 0 bridgehead atoms. The van der Waals surface area contributed by atoms with E-state index in [1.54, 1.807) is 31.4 Å². The van der Waals surface area contributed by atoms with Crippen LogP contribution in [0, 0.1) is 10.1 Å². The van der Waals surface area contributed by atoms with Crippen LogP contribution in [-0.2, 0) is 19.0 Å². The van der Waals surface area contributed by atoms with Crippen molar-refractivity contribution in [2.24, 2.45) is 0 Å². The second-order valence-electron chi connectivity index (χ2n) is 6.24. The third-order valence-electron chi connectivity index (χ3n) is 4.66. The second-order valence-corrected chi connectivity index (χ2v) is 6.24. The van der Waals surface area contributed by atoms with E-state index in [9.17, 15) is 14.9 Å². The Hall–Kier alpha value is -2.19. The molecule has 0 aliphatic carbocycles. The van der Waals surface area contributed by atoms with Gasteiger partial charge in [0.25, 0.3) is 0 Å². The van der Waals surface area contributed by atoms with Gasteiger partial charge in [-0.1, -0.05) is 12.1 Å². The molecule has 136 valence electrons. The van der Waals surface area contributed by atoms with Gasteiger partial charge in [0, 0.05) is 17.8 Å². The van der Waals surface area contributed by atoms with Gasteiger partial charge in [-0.3, -0.25) is 14.9 Å². The van der Waals surface area contributed by atoms with Gasteiger partial charge in [0.15, 0.2) is 5.79 Å². The van der Waals surface area contributed by atoms with Crippen LogP contribution in [0.5, 0.6) is 5.75 Å². The smallest absolute Gasteiger partial charge is 0.306 e. The zero-order chi connectivity index (χ0) is 17.9. The number of hydrogen-bond acceptors (Lipinski definition) is 7. The van der Waals surface area contributed by atoms with Gasteiger partial charge in [-0.2, -0.15) is 0 Å². The fraction of sp³-hybridized carbons (Fsp3) is 0.588. The number of methoxy groups -OCH3 is 1. The van der Waals surface area contributed by atoms with Gasteiger partial charge in [-0.25, -0.2) is 0 Å². The highest BCUT2D eigenvalue weighted by atomic mass is 16.7. The first-order valence-electron chi connectivity index (χ1n) is 8.24. The number of benzene rings is 1. The molecule has 1 aromatic carbocycles. The zero-order valence-corrected chi connectivity index (χ0v) is 14.0.